The van der Waals surface area contributed by atoms with Crippen LogP contribution < -0.4 is 11.1 Å². The Morgan fingerprint density at radius 1 is 1.30 bits per heavy atom. The quantitative estimate of drug-likeness (QED) is 0.794. The van der Waals surface area contributed by atoms with Gasteiger partial charge >= 0.3 is 0 Å². The zero-order valence-corrected chi connectivity index (χ0v) is 13.2. The minimum atomic E-state index is -0.480. The minimum Gasteiger partial charge on any atom is -0.344 e. The van der Waals surface area contributed by atoms with Crippen LogP contribution in [0.1, 0.15) is 47.0 Å². The topological polar surface area (TPSA) is 75.4 Å². The van der Waals surface area contributed by atoms with Crippen molar-refractivity contribution >= 4 is 11.8 Å². The molecule has 2 amide bonds. The molecule has 0 heterocycles. The summed E-state index contributed by atoms with van der Waals surface area (Å²) >= 11 is 0. The maximum absolute atomic E-state index is 12.3. The lowest BCUT2D eigenvalue weighted by atomic mass is 9.78. The minimum absolute atomic E-state index is 0.0271. The summed E-state index contributed by atoms with van der Waals surface area (Å²) in [6.07, 6.45) is 2.79. The SMILES string of the molecule is CCN(CC)C(=O)C(C)NC(=O)C1CC(C)CCC1N. The van der Waals surface area contributed by atoms with E-state index in [9.17, 15) is 9.59 Å². The van der Waals surface area contributed by atoms with E-state index in [2.05, 4.69) is 12.2 Å². The molecule has 0 bridgehead atoms. The normalized spacial score (nSPS) is 27.8. The van der Waals surface area contributed by atoms with E-state index >= 15 is 0 Å². The fourth-order valence-electron chi connectivity index (χ4n) is 2.90. The molecule has 0 saturated heterocycles. The molecular formula is C15H29N3O2. The average Bonchev–Trinajstić information content (AvgIpc) is 2.42. The predicted octanol–water partition coefficient (Wildman–Crippen LogP) is 1.12. The van der Waals surface area contributed by atoms with Crippen LogP contribution in [0.15, 0.2) is 0 Å². The largest absolute Gasteiger partial charge is 0.344 e. The summed E-state index contributed by atoms with van der Waals surface area (Å²) in [6.45, 7) is 9.10. The fraction of sp³-hybridized carbons (Fsp3) is 0.867. The van der Waals surface area contributed by atoms with Gasteiger partial charge in [-0.1, -0.05) is 6.92 Å². The number of hydrogen-bond donors (Lipinski definition) is 2. The van der Waals surface area contributed by atoms with Crippen molar-refractivity contribution in [1.82, 2.24) is 10.2 Å². The van der Waals surface area contributed by atoms with Crippen molar-refractivity contribution in [2.75, 3.05) is 13.1 Å². The van der Waals surface area contributed by atoms with Crippen LogP contribution in [0.2, 0.25) is 0 Å². The zero-order chi connectivity index (χ0) is 15.3. The summed E-state index contributed by atoms with van der Waals surface area (Å²) in [5.41, 5.74) is 6.05. The van der Waals surface area contributed by atoms with Gasteiger partial charge in [-0.05, 0) is 46.0 Å². The Labute approximate surface area is 122 Å². The third kappa shape index (κ3) is 4.20. The molecule has 1 aliphatic carbocycles. The van der Waals surface area contributed by atoms with E-state index in [-0.39, 0.29) is 23.8 Å². The number of carbonyl (C=O) groups is 2. The van der Waals surface area contributed by atoms with Crippen molar-refractivity contribution in [3.05, 3.63) is 0 Å². The molecule has 20 heavy (non-hydrogen) atoms. The van der Waals surface area contributed by atoms with Crippen LogP contribution in [0.5, 0.6) is 0 Å². The second-order valence-electron chi connectivity index (χ2n) is 5.93. The molecule has 1 rings (SSSR count). The molecule has 5 nitrogen and oxygen atoms in total. The summed E-state index contributed by atoms with van der Waals surface area (Å²) in [5.74, 6) is 0.267. The predicted molar refractivity (Wildman–Crippen MR) is 80.0 cm³/mol. The Morgan fingerprint density at radius 3 is 2.45 bits per heavy atom. The van der Waals surface area contributed by atoms with E-state index in [0.29, 0.717) is 19.0 Å². The molecule has 1 aliphatic rings. The first kappa shape index (κ1) is 17.0. The number of hydrogen-bond acceptors (Lipinski definition) is 3. The first-order chi connectivity index (χ1) is 9.40. The molecule has 0 spiro atoms. The Kier molecular flexibility index (Phi) is 6.46. The summed E-state index contributed by atoms with van der Waals surface area (Å²) in [4.78, 5) is 26.2. The van der Waals surface area contributed by atoms with Crippen molar-refractivity contribution in [2.24, 2.45) is 17.6 Å². The summed E-state index contributed by atoms with van der Waals surface area (Å²) in [7, 11) is 0. The molecule has 0 aromatic carbocycles. The smallest absolute Gasteiger partial charge is 0.244 e. The molecule has 3 N–H and O–H groups in total. The number of nitrogens with zero attached hydrogens (tertiary/aromatic N) is 1. The van der Waals surface area contributed by atoms with Gasteiger partial charge in [0.05, 0.1) is 5.92 Å². The molecule has 0 radical (unpaired) electrons. The first-order valence-corrected chi connectivity index (χ1v) is 7.75. The monoisotopic (exact) mass is 283 g/mol. The number of likely N-dealkylation sites (N-methyl/N-ethyl adjacent to an activating group) is 1. The van der Waals surface area contributed by atoms with Crippen LogP contribution >= 0.6 is 0 Å². The Morgan fingerprint density at radius 2 is 1.90 bits per heavy atom. The summed E-state index contributed by atoms with van der Waals surface area (Å²) in [6, 6.07) is -0.561. The van der Waals surface area contributed by atoms with Gasteiger partial charge in [-0.25, -0.2) is 0 Å². The highest BCUT2D eigenvalue weighted by Crippen LogP contribution is 2.28. The average molecular weight is 283 g/mol. The van der Waals surface area contributed by atoms with Gasteiger partial charge in [0.25, 0.3) is 0 Å². The first-order valence-electron chi connectivity index (χ1n) is 7.75. The maximum atomic E-state index is 12.3. The van der Waals surface area contributed by atoms with Gasteiger partial charge in [0.15, 0.2) is 0 Å². The Bertz CT molecular complexity index is 342. The Hall–Kier alpha value is -1.10. The molecule has 116 valence electrons. The van der Waals surface area contributed by atoms with Gasteiger partial charge in [-0.3, -0.25) is 9.59 Å². The van der Waals surface area contributed by atoms with Crippen molar-refractivity contribution < 1.29 is 9.59 Å². The van der Waals surface area contributed by atoms with Crippen LogP contribution in [0.25, 0.3) is 0 Å². The molecule has 4 atom stereocenters. The molecular weight excluding hydrogens is 254 g/mol. The highest BCUT2D eigenvalue weighted by molar-refractivity contribution is 5.88. The van der Waals surface area contributed by atoms with Crippen molar-refractivity contribution in [3.8, 4) is 0 Å². The van der Waals surface area contributed by atoms with Gasteiger partial charge in [0.1, 0.15) is 6.04 Å². The van der Waals surface area contributed by atoms with Gasteiger partial charge in [0, 0.05) is 19.1 Å². The van der Waals surface area contributed by atoms with Crippen LogP contribution in [0.4, 0.5) is 0 Å². The molecule has 0 aliphatic heterocycles. The summed E-state index contributed by atoms with van der Waals surface area (Å²) < 4.78 is 0. The molecule has 1 saturated carbocycles. The van der Waals surface area contributed by atoms with E-state index in [4.69, 9.17) is 5.73 Å². The van der Waals surface area contributed by atoms with Crippen LogP contribution in [0.3, 0.4) is 0 Å². The molecule has 0 aromatic heterocycles. The number of amides is 2. The van der Waals surface area contributed by atoms with Gasteiger partial charge in [-0.15, -0.1) is 0 Å². The zero-order valence-electron chi connectivity index (χ0n) is 13.2. The third-order valence-corrected chi connectivity index (χ3v) is 4.31. The molecule has 1 fully saturated rings. The standard InChI is InChI=1S/C15H29N3O2/c1-5-18(6-2)15(20)11(4)17-14(19)12-9-10(3)7-8-13(12)16/h10-13H,5-9,16H2,1-4H3,(H,17,19). The van der Waals surface area contributed by atoms with Crippen molar-refractivity contribution in [2.45, 2.75) is 59.0 Å². The molecule has 4 unspecified atom stereocenters. The van der Waals surface area contributed by atoms with Crippen molar-refractivity contribution in [3.63, 3.8) is 0 Å². The lowest BCUT2D eigenvalue weighted by molar-refractivity contribution is -0.137. The summed E-state index contributed by atoms with van der Waals surface area (Å²) in [5, 5.41) is 2.84. The number of nitrogens with one attached hydrogen (secondary N) is 1. The van der Waals surface area contributed by atoms with E-state index in [1.807, 2.05) is 13.8 Å². The van der Waals surface area contributed by atoms with E-state index in [1.165, 1.54) is 0 Å². The Balaban J connectivity index is 2.58. The number of nitrogens with two attached hydrogens (primary N) is 1. The maximum Gasteiger partial charge on any atom is 0.244 e. The van der Waals surface area contributed by atoms with Gasteiger partial charge < -0.3 is 16.0 Å². The fourth-order valence-corrected chi connectivity index (χ4v) is 2.90. The molecule has 5 heteroatoms. The molecule has 0 aromatic rings. The lowest BCUT2D eigenvalue weighted by Gasteiger charge is -2.32. The van der Waals surface area contributed by atoms with Crippen LogP contribution in [-0.2, 0) is 9.59 Å². The van der Waals surface area contributed by atoms with E-state index in [1.54, 1.807) is 11.8 Å². The van der Waals surface area contributed by atoms with E-state index in [0.717, 1.165) is 19.3 Å². The second kappa shape index (κ2) is 7.62. The second-order valence-corrected chi connectivity index (χ2v) is 5.93. The van der Waals surface area contributed by atoms with E-state index < -0.39 is 6.04 Å². The van der Waals surface area contributed by atoms with Gasteiger partial charge in [0.2, 0.25) is 11.8 Å². The number of rotatable bonds is 5. The lowest BCUT2D eigenvalue weighted by Crippen LogP contribution is -2.52. The van der Waals surface area contributed by atoms with Gasteiger partial charge in [-0.2, -0.15) is 0 Å². The van der Waals surface area contributed by atoms with Crippen molar-refractivity contribution in [1.29, 1.82) is 0 Å². The highest BCUT2D eigenvalue weighted by Gasteiger charge is 2.33. The number of carbonyl (C=O) groups excluding carboxylic acids is 2. The van der Waals surface area contributed by atoms with Crippen LogP contribution in [-0.4, -0.2) is 41.9 Å². The van der Waals surface area contributed by atoms with Crippen LogP contribution in [0, 0.1) is 11.8 Å². The third-order valence-electron chi connectivity index (χ3n) is 4.31. The highest BCUT2D eigenvalue weighted by atomic mass is 16.2.